The minimum absolute atomic E-state index is 0.0973. The van der Waals surface area contributed by atoms with Crippen LogP contribution in [0.2, 0.25) is 0 Å². The second kappa shape index (κ2) is 7.60. The van der Waals surface area contributed by atoms with Crippen molar-refractivity contribution in [1.82, 2.24) is 14.8 Å². The first-order valence-electron chi connectivity index (χ1n) is 7.82. The number of nitrogens with one attached hydrogen (secondary N) is 1. The normalized spacial score (nSPS) is 23.9. The Morgan fingerprint density at radius 1 is 1.35 bits per heavy atom. The molecule has 4 nitrogen and oxygen atoms in total. The topological polar surface area (TPSA) is 37.3 Å². The first-order valence-corrected chi connectivity index (χ1v) is 7.82. The van der Waals surface area contributed by atoms with Crippen molar-refractivity contribution >= 4 is 0 Å². The fourth-order valence-electron chi connectivity index (χ4n) is 2.96. The molecule has 2 unspecified atom stereocenters. The molecule has 1 fully saturated rings. The molecule has 1 aliphatic rings. The number of pyridine rings is 1. The number of piperidine rings is 1. The average Bonchev–Trinajstić information content (AvgIpc) is 2.45. The van der Waals surface area contributed by atoms with Crippen LogP contribution in [0, 0.1) is 5.92 Å². The molecule has 4 heteroatoms. The summed E-state index contributed by atoms with van der Waals surface area (Å²) >= 11 is 0. The molecule has 2 heterocycles. The number of likely N-dealkylation sites (tertiary alicyclic amines) is 1. The summed E-state index contributed by atoms with van der Waals surface area (Å²) in [5.41, 5.74) is 0.0973. The van der Waals surface area contributed by atoms with Gasteiger partial charge in [-0.2, -0.15) is 0 Å². The van der Waals surface area contributed by atoms with Gasteiger partial charge >= 0.3 is 0 Å². The lowest BCUT2D eigenvalue weighted by Crippen LogP contribution is -2.49. The van der Waals surface area contributed by atoms with Crippen molar-refractivity contribution in [2.24, 2.45) is 5.92 Å². The number of aromatic nitrogens is 1. The van der Waals surface area contributed by atoms with Crippen molar-refractivity contribution in [3.8, 4) is 0 Å². The van der Waals surface area contributed by atoms with Crippen LogP contribution in [-0.4, -0.2) is 41.7 Å². The Hall–Kier alpha value is -1.13. The summed E-state index contributed by atoms with van der Waals surface area (Å²) in [6, 6.07) is 6.01. The Kier molecular flexibility index (Phi) is 5.80. The molecule has 2 rings (SSSR count). The lowest BCUT2D eigenvalue weighted by Gasteiger charge is -2.37. The zero-order valence-electron chi connectivity index (χ0n) is 12.7. The van der Waals surface area contributed by atoms with Gasteiger partial charge < -0.3 is 14.8 Å². The molecule has 0 bridgehead atoms. The quantitative estimate of drug-likeness (QED) is 0.857. The highest BCUT2D eigenvalue weighted by Crippen LogP contribution is 2.16. The number of nitrogens with zero attached hydrogens (tertiary/aromatic N) is 2. The van der Waals surface area contributed by atoms with Crippen molar-refractivity contribution in [2.75, 3.05) is 26.2 Å². The minimum atomic E-state index is 0.0973. The van der Waals surface area contributed by atoms with Crippen LogP contribution in [0.4, 0.5) is 0 Å². The van der Waals surface area contributed by atoms with Gasteiger partial charge in [0.15, 0.2) is 0 Å². The van der Waals surface area contributed by atoms with E-state index in [1.807, 2.05) is 12.3 Å². The van der Waals surface area contributed by atoms with Gasteiger partial charge in [-0.3, -0.25) is 4.79 Å². The van der Waals surface area contributed by atoms with E-state index in [4.69, 9.17) is 0 Å². The monoisotopic (exact) mass is 277 g/mol. The van der Waals surface area contributed by atoms with Crippen molar-refractivity contribution in [3.05, 3.63) is 34.7 Å². The summed E-state index contributed by atoms with van der Waals surface area (Å²) in [5, 5.41) is 3.64. The summed E-state index contributed by atoms with van der Waals surface area (Å²) in [5.74, 6) is 0.683. The van der Waals surface area contributed by atoms with Crippen molar-refractivity contribution < 1.29 is 0 Å². The third-order valence-corrected chi connectivity index (χ3v) is 4.20. The van der Waals surface area contributed by atoms with Gasteiger partial charge in [0.25, 0.3) is 5.56 Å². The van der Waals surface area contributed by atoms with Crippen molar-refractivity contribution in [2.45, 2.75) is 39.3 Å². The van der Waals surface area contributed by atoms with Crippen LogP contribution in [0.25, 0.3) is 0 Å². The van der Waals surface area contributed by atoms with Gasteiger partial charge in [0, 0.05) is 37.9 Å². The number of hydrogen-bond donors (Lipinski definition) is 1. The van der Waals surface area contributed by atoms with Crippen LogP contribution < -0.4 is 10.9 Å². The second-order valence-electron chi connectivity index (χ2n) is 5.86. The van der Waals surface area contributed by atoms with Gasteiger partial charge in [0.05, 0.1) is 0 Å². The van der Waals surface area contributed by atoms with Gasteiger partial charge in [0.1, 0.15) is 0 Å². The summed E-state index contributed by atoms with van der Waals surface area (Å²) in [6.45, 7) is 9.68. The largest absolute Gasteiger partial charge is 0.314 e. The lowest BCUT2D eigenvalue weighted by molar-refractivity contribution is 0.143. The average molecular weight is 277 g/mol. The second-order valence-corrected chi connectivity index (χ2v) is 5.86. The van der Waals surface area contributed by atoms with Crippen molar-refractivity contribution in [3.63, 3.8) is 0 Å². The minimum Gasteiger partial charge on any atom is -0.314 e. The van der Waals surface area contributed by atoms with Crippen LogP contribution in [0.5, 0.6) is 0 Å². The third kappa shape index (κ3) is 4.18. The van der Waals surface area contributed by atoms with Crippen LogP contribution in [-0.2, 0) is 6.54 Å². The smallest absolute Gasteiger partial charge is 0.250 e. The van der Waals surface area contributed by atoms with Crippen LogP contribution in [0.1, 0.15) is 26.7 Å². The summed E-state index contributed by atoms with van der Waals surface area (Å²) in [6.07, 6.45) is 4.29. The van der Waals surface area contributed by atoms with E-state index in [9.17, 15) is 4.79 Å². The molecule has 0 saturated carbocycles. The first-order chi connectivity index (χ1) is 9.70. The first kappa shape index (κ1) is 15.3. The molecular formula is C16H27N3O. The molecule has 112 valence electrons. The summed E-state index contributed by atoms with van der Waals surface area (Å²) in [7, 11) is 0. The molecule has 1 saturated heterocycles. The van der Waals surface area contributed by atoms with Crippen LogP contribution in [0.3, 0.4) is 0 Å². The SMILES string of the molecule is CCCNC1CCN(CCn2ccccc2=O)CC1C. The van der Waals surface area contributed by atoms with E-state index in [0.29, 0.717) is 12.0 Å². The molecular weight excluding hydrogens is 250 g/mol. The van der Waals surface area contributed by atoms with E-state index in [1.165, 1.54) is 12.8 Å². The van der Waals surface area contributed by atoms with Gasteiger partial charge in [0.2, 0.25) is 0 Å². The van der Waals surface area contributed by atoms with Gasteiger partial charge in [-0.1, -0.05) is 19.9 Å². The molecule has 1 aromatic heterocycles. The van der Waals surface area contributed by atoms with E-state index in [-0.39, 0.29) is 5.56 Å². The Labute approximate surface area is 121 Å². The Bertz CT molecular complexity index is 457. The molecule has 0 aromatic carbocycles. The standard InChI is InChI=1S/C16H27N3O/c1-3-8-17-15-7-10-18(13-14(15)2)11-12-19-9-5-4-6-16(19)20/h4-6,9,14-15,17H,3,7-8,10-13H2,1-2H3. The molecule has 1 aliphatic heterocycles. The van der Waals surface area contributed by atoms with Crippen molar-refractivity contribution in [1.29, 1.82) is 0 Å². The zero-order chi connectivity index (χ0) is 14.4. The highest BCUT2D eigenvalue weighted by atomic mass is 16.1. The predicted octanol–water partition coefficient (Wildman–Crippen LogP) is 1.56. The highest BCUT2D eigenvalue weighted by molar-refractivity contribution is 4.93. The number of hydrogen-bond acceptors (Lipinski definition) is 3. The number of rotatable bonds is 6. The molecule has 0 spiro atoms. The van der Waals surface area contributed by atoms with E-state index in [1.54, 1.807) is 16.7 Å². The Balaban J connectivity index is 1.79. The molecule has 0 aliphatic carbocycles. The summed E-state index contributed by atoms with van der Waals surface area (Å²) < 4.78 is 1.80. The maximum Gasteiger partial charge on any atom is 0.250 e. The van der Waals surface area contributed by atoms with E-state index in [2.05, 4.69) is 24.1 Å². The maximum atomic E-state index is 11.7. The van der Waals surface area contributed by atoms with E-state index in [0.717, 1.165) is 32.7 Å². The fraction of sp³-hybridized carbons (Fsp3) is 0.688. The van der Waals surface area contributed by atoms with Gasteiger partial charge in [-0.15, -0.1) is 0 Å². The van der Waals surface area contributed by atoms with E-state index >= 15 is 0 Å². The molecule has 1 aromatic rings. The summed E-state index contributed by atoms with van der Waals surface area (Å²) in [4.78, 5) is 14.1. The Morgan fingerprint density at radius 2 is 2.20 bits per heavy atom. The Morgan fingerprint density at radius 3 is 2.90 bits per heavy atom. The molecule has 2 atom stereocenters. The van der Waals surface area contributed by atoms with Gasteiger partial charge in [-0.05, 0) is 37.9 Å². The van der Waals surface area contributed by atoms with E-state index < -0.39 is 0 Å². The van der Waals surface area contributed by atoms with Crippen LogP contribution in [0.15, 0.2) is 29.2 Å². The molecule has 20 heavy (non-hydrogen) atoms. The zero-order valence-corrected chi connectivity index (χ0v) is 12.7. The molecule has 0 radical (unpaired) electrons. The predicted molar refractivity (Wildman–Crippen MR) is 83.0 cm³/mol. The molecule has 1 N–H and O–H groups in total. The highest BCUT2D eigenvalue weighted by Gasteiger charge is 2.24. The maximum absolute atomic E-state index is 11.7. The third-order valence-electron chi connectivity index (χ3n) is 4.20. The van der Waals surface area contributed by atoms with Crippen LogP contribution >= 0.6 is 0 Å². The fourth-order valence-corrected chi connectivity index (χ4v) is 2.96. The lowest BCUT2D eigenvalue weighted by atomic mass is 9.94. The molecule has 0 amide bonds. The van der Waals surface area contributed by atoms with Gasteiger partial charge in [-0.25, -0.2) is 0 Å².